The van der Waals surface area contributed by atoms with Gasteiger partial charge in [-0.15, -0.1) is 0 Å². The summed E-state index contributed by atoms with van der Waals surface area (Å²) in [5, 5.41) is 7.70. The van der Waals surface area contributed by atoms with Gasteiger partial charge in [0, 0.05) is 37.6 Å². The molecule has 1 aliphatic carbocycles. The van der Waals surface area contributed by atoms with E-state index in [1.807, 2.05) is 18.7 Å². The van der Waals surface area contributed by atoms with Crippen LogP contribution in [0.5, 0.6) is 0 Å². The molecule has 0 aliphatic heterocycles. The lowest BCUT2D eigenvalue weighted by Crippen LogP contribution is -2.42. The summed E-state index contributed by atoms with van der Waals surface area (Å²) in [6.45, 7) is 7.47. The zero-order chi connectivity index (χ0) is 13.9. The van der Waals surface area contributed by atoms with Crippen LogP contribution in [-0.4, -0.2) is 49.8 Å². The van der Waals surface area contributed by atoms with Crippen LogP contribution >= 0.6 is 11.8 Å². The molecule has 2 N–H and O–H groups in total. The van der Waals surface area contributed by atoms with Gasteiger partial charge in [0.15, 0.2) is 5.96 Å². The minimum Gasteiger partial charge on any atom is -0.382 e. The van der Waals surface area contributed by atoms with E-state index < -0.39 is 0 Å². The van der Waals surface area contributed by atoms with Gasteiger partial charge in [0.05, 0.1) is 0 Å². The van der Waals surface area contributed by atoms with E-state index in [9.17, 15) is 0 Å². The fraction of sp³-hybridized carbons (Fsp3) is 0.929. The normalized spacial score (nSPS) is 23.6. The van der Waals surface area contributed by atoms with Gasteiger partial charge in [0.1, 0.15) is 0 Å². The van der Waals surface area contributed by atoms with Gasteiger partial charge in [-0.2, -0.15) is 11.8 Å². The molecular formula is C14H29N3OS. The van der Waals surface area contributed by atoms with Crippen molar-refractivity contribution in [1.82, 2.24) is 10.6 Å². The molecule has 1 fully saturated rings. The Labute approximate surface area is 122 Å². The minimum atomic E-state index is 0.585. The molecule has 0 aromatic rings. The molecule has 2 unspecified atom stereocenters. The Kier molecular flexibility index (Phi) is 9.08. The molecule has 4 nitrogen and oxygen atoms in total. The van der Waals surface area contributed by atoms with E-state index in [2.05, 4.69) is 28.8 Å². The predicted octanol–water partition coefficient (Wildman–Crippen LogP) is 2.25. The maximum atomic E-state index is 5.32. The number of rotatable bonds is 8. The molecule has 0 saturated heterocycles. The Bertz CT molecular complexity index is 261. The van der Waals surface area contributed by atoms with Crippen LogP contribution in [0.25, 0.3) is 0 Å². The van der Waals surface area contributed by atoms with Gasteiger partial charge >= 0.3 is 0 Å². The highest BCUT2D eigenvalue weighted by Gasteiger charge is 2.24. The fourth-order valence-electron chi connectivity index (χ4n) is 2.30. The number of nitrogens with one attached hydrogen (secondary N) is 2. The van der Waals surface area contributed by atoms with Crippen molar-refractivity contribution in [2.75, 3.05) is 32.6 Å². The van der Waals surface area contributed by atoms with E-state index in [1.165, 1.54) is 19.3 Å². The average Bonchev–Trinajstić information content (AvgIpc) is 2.86. The van der Waals surface area contributed by atoms with Crippen molar-refractivity contribution in [1.29, 1.82) is 0 Å². The van der Waals surface area contributed by atoms with Gasteiger partial charge in [-0.3, -0.25) is 4.99 Å². The second-order valence-electron chi connectivity index (χ2n) is 4.82. The molecule has 0 radical (unpaired) electrons. The number of hydrogen-bond acceptors (Lipinski definition) is 3. The van der Waals surface area contributed by atoms with E-state index in [0.29, 0.717) is 6.04 Å². The standard InChI is InChI=1S/C14H29N3OS/c1-4-15-14(16-9-6-10-18-5-2)17-12-7-8-13(11-12)19-3/h12-13H,4-11H2,1-3H3,(H2,15,16,17). The first-order valence-electron chi connectivity index (χ1n) is 7.45. The van der Waals surface area contributed by atoms with Gasteiger partial charge in [0.25, 0.3) is 0 Å². The van der Waals surface area contributed by atoms with E-state index >= 15 is 0 Å². The quantitative estimate of drug-likeness (QED) is 0.408. The van der Waals surface area contributed by atoms with Crippen molar-refractivity contribution in [2.45, 2.75) is 50.8 Å². The predicted molar refractivity (Wildman–Crippen MR) is 85.2 cm³/mol. The van der Waals surface area contributed by atoms with Crippen LogP contribution in [0.1, 0.15) is 39.5 Å². The lowest BCUT2D eigenvalue weighted by atomic mass is 10.2. The van der Waals surface area contributed by atoms with Crippen molar-refractivity contribution in [3.05, 3.63) is 0 Å². The summed E-state index contributed by atoms with van der Waals surface area (Å²) in [6.07, 6.45) is 7.03. The van der Waals surface area contributed by atoms with Crippen LogP contribution in [0.4, 0.5) is 0 Å². The van der Waals surface area contributed by atoms with Crippen molar-refractivity contribution >= 4 is 17.7 Å². The van der Waals surface area contributed by atoms with Gasteiger partial charge in [-0.05, 0) is 45.8 Å². The van der Waals surface area contributed by atoms with Crippen molar-refractivity contribution in [3.8, 4) is 0 Å². The summed E-state index contributed by atoms with van der Waals surface area (Å²) in [4.78, 5) is 4.61. The highest BCUT2D eigenvalue weighted by Crippen LogP contribution is 2.27. The van der Waals surface area contributed by atoms with Crippen LogP contribution in [0, 0.1) is 0 Å². The third-order valence-electron chi connectivity index (χ3n) is 3.32. The molecule has 1 saturated carbocycles. The van der Waals surface area contributed by atoms with Crippen molar-refractivity contribution < 1.29 is 4.74 Å². The lowest BCUT2D eigenvalue weighted by molar-refractivity contribution is 0.146. The number of thioether (sulfide) groups is 1. The molecule has 1 rings (SSSR count). The van der Waals surface area contributed by atoms with Crippen molar-refractivity contribution in [2.24, 2.45) is 4.99 Å². The molecule has 19 heavy (non-hydrogen) atoms. The maximum absolute atomic E-state index is 5.32. The fourth-order valence-corrected chi connectivity index (χ4v) is 3.10. The summed E-state index contributed by atoms with van der Waals surface area (Å²) in [5.74, 6) is 0.964. The van der Waals surface area contributed by atoms with E-state index in [-0.39, 0.29) is 0 Å². The Morgan fingerprint density at radius 3 is 2.84 bits per heavy atom. The number of ether oxygens (including phenoxy) is 1. The average molecular weight is 287 g/mol. The highest BCUT2D eigenvalue weighted by atomic mass is 32.2. The van der Waals surface area contributed by atoms with Gasteiger partial charge < -0.3 is 15.4 Å². The molecular weight excluding hydrogens is 258 g/mol. The first kappa shape index (κ1) is 16.6. The largest absolute Gasteiger partial charge is 0.382 e. The topological polar surface area (TPSA) is 45.7 Å². The first-order chi connectivity index (χ1) is 9.30. The van der Waals surface area contributed by atoms with Crippen LogP contribution in [0.15, 0.2) is 4.99 Å². The molecule has 0 bridgehead atoms. The Hall–Kier alpha value is -0.420. The Morgan fingerprint density at radius 2 is 2.21 bits per heavy atom. The highest BCUT2D eigenvalue weighted by molar-refractivity contribution is 7.99. The van der Waals surface area contributed by atoms with Gasteiger partial charge in [0.2, 0.25) is 0 Å². The summed E-state index contributed by atoms with van der Waals surface area (Å²) in [5.41, 5.74) is 0. The van der Waals surface area contributed by atoms with Crippen LogP contribution in [-0.2, 0) is 4.74 Å². The minimum absolute atomic E-state index is 0.585. The SMILES string of the molecule is CCNC(=NCCCOCC)NC1CCC(SC)C1. The third kappa shape index (κ3) is 7.06. The summed E-state index contributed by atoms with van der Waals surface area (Å²) in [6, 6.07) is 0.585. The Morgan fingerprint density at radius 1 is 1.37 bits per heavy atom. The zero-order valence-corrected chi connectivity index (χ0v) is 13.4. The Balaban J connectivity index is 2.29. The first-order valence-corrected chi connectivity index (χ1v) is 8.74. The number of aliphatic imine (C=N–C) groups is 1. The molecule has 2 atom stereocenters. The molecule has 0 aromatic carbocycles. The molecule has 112 valence electrons. The second kappa shape index (κ2) is 10.4. The molecule has 0 spiro atoms. The van der Waals surface area contributed by atoms with E-state index in [1.54, 1.807) is 0 Å². The smallest absolute Gasteiger partial charge is 0.191 e. The second-order valence-corrected chi connectivity index (χ2v) is 5.96. The molecule has 0 amide bonds. The number of guanidine groups is 1. The van der Waals surface area contributed by atoms with Crippen LogP contribution in [0.2, 0.25) is 0 Å². The molecule has 1 aliphatic rings. The van der Waals surface area contributed by atoms with Gasteiger partial charge in [-0.25, -0.2) is 0 Å². The van der Waals surface area contributed by atoms with Crippen LogP contribution < -0.4 is 10.6 Å². The third-order valence-corrected chi connectivity index (χ3v) is 4.42. The van der Waals surface area contributed by atoms with Gasteiger partial charge in [-0.1, -0.05) is 0 Å². The van der Waals surface area contributed by atoms with E-state index in [4.69, 9.17) is 4.74 Å². The lowest BCUT2D eigenvalue weighted by Gasteiger charge is -2.17. The number of hydrogen-bond donors (Lipinski definition) is 2. The summed E-state index contributed by atoms with van der Waals surface area (Å²) < 4.78 is 5.32. The number of nitrogens with zero attached hydrogens (tertiary/aromatic N) is 1. The summed E-state index contributed by atoms with van der Waals surface area (Å²) >= 11 is 1.99. The molecule has 0 heterocycles. The molecule has 5 heteroatoms. The van der Waals surface area contributed by atoms with Crippen LogP contribution in [0.3, 0.4) is 0 Å². The summed E-state index contributed by atoms with van der Waals surface area (Å²) in [7, 11) is 0. The maximum Gasteiger partial charge on any atom is 0.191 e. The van der Waals surface area contributed by atoms with E-state index in [0.717, 1.165) is 43.9 Å². The monoisotopic (exact) mass is 287 g/mol. The zero-order valence-electron chi connectivity index (χ0n) is 12.6. The molecule has 0 aromatic heterocycles. The van der Waals surface area contributed by atoms with Crippen molar-refractivity contribution in [3.63, 3.8) is 0 Å².